The van der Waals surface area contributed by atoms with E-state index in [4.69, 9.17) is 16.0 Å². The van der Waals surface area contributed by atoms with Crippen LogP contribution in [-0.2, 0) is 16.6 Å². The second kappa shape index (κ2) is 7.89. The average Bonchev–Trinajstić information content (AvgIpc) is 3.06. The molecule has 0 bridgehead atoms. The summed E-state index contributed by atoms with van der Waals surface area (Å²) in [5.74, 6) is 0.538. The Morgan fingerprint density at radius 3 is 2.50 bits per heavy atom. The minimum absolute atomic E-state index is 0.188. The lowest BCUT2D eigenvalue weighted by Gasteiger charge is -2.07. The SMILES string of the molecule is Cc1ccc(NC(=O)c2ccc(CS(=O)c3ccc(Cl)cc3)o2)c(C)c1. The second-order valence-corrected chi connectivity index (χ2v) is 7.87. The van der Waals surface area contributed by atoms with Gasteiger partial charge in [0.25, 0.3) is 5.91 Å². The van der Waals surface area contributed by atoms with Gasteiger partial charge in [-0.15, -0.1) is 0 Å². The van der Waals surface area contributed by atoms with E-state index in [1.54, 1.807) is 36.4 Å². The van der Waals surface area contributed by atoms with Gasteiger partial charge in [-0.3, -0.25) is 9.00 Å². The normalized spacial score (nSPS) is 12.0. The van der Waals surface area contributed by atoms with Crippen molar-refractivity contribution in [1.29, 1.82) is 0 Å². The van der Waals surface area contributed by atoms with Crippen LogP contribution in [0.15, 0.2) is 63.9 Å². The molecular formula is C20H18ClNO3S. The number of rotatable bonds is 5. The molecule has 6 heteroatoms. The Morgan fingerprint density at radius 1 is 1.08 bits per heavy atom. The smallest absolute Gasteiger partial charge is 0.291 e. The summed E-state index contributed by atoms with van der Waals surface area (Å²) < 4.78 is 17.9. The fourth-order valence-electron chi connectivity index (χ4n) is 2.51. The number of carbonyl (C=O) groups excluding carboxylic acids is 1. The van der Waals surface area contributed by atoms with E-state index in [1.165, 1.54) is 0 Å². The lowest BCUT2D eigenvalue weighted by molar-refractivity contribution is 0.0995. The Labute approximate surface area is 159 Å². The second-order valence-electron chi connectivity index (χ2n) is 5.98. The summed E-state index contributed by atoms with van der Waals surface area (Å²) in [5.41, 5.74) is 2.85. The molecule has 0 aliphatic heterocycles. The lowest BCUT2D eigenvalue weighted by Crippen LogP contribution is -2.11. The van der Waals surface area contributed by atoms with Gasteiger partial charge in [-0.2, -0.15) is 0 Å². The van der Waals surface area contributed by atoms with Crippen molar-refractivity contribution in [3.63, 3.8) is 0 Å². The van der Waals surface area contributed by atoms with Crippen molar-refractivity contribution in [1.82, 2.24) is 0 Å². The monoisotopic (exact) mass is 387 g/mol. The van der Waals surface area contributed by atoms with Gasteiger partial charge in [0, 0.05) is 15.6 Å². The third-order valence-corrected chi connectivity index (χ3v) is 5.46. The quantitative estimate of drug-likeness (QED) is 0.661. The summed E-state index contributed by atoms with van der Waals surface area (Å²) in [4.78, 5) is 13.0. The third-order valence-electron chi connectivity index (χ3n) is 3.87. The van der Waals surface area contributed by atoms with Gasteiger partial charge in [-0.25, -0.2) is 0 Å². The molecule has 0 radical (unpaired) electrons. The van der Waals surface area contributed by atoms with Crippen LogP contribution in [0.4, 0.5) is 5.69 Å². The first-order valence-corrected chi connectivity index (χ1v) is 9.73. The summed E-state index contributed by atoms with van der Waals surface area (Å²) in [6.45, 7) is 3.93. The van der Waals surface area contributed by atoms with Crippen LogP contribution in [0.3, 0.4) is 0 Å². The number of amides is 1. The van der Waals surface area contributed by atoms with Gasteiger partial charge >= 0.3 is 0 Å². The first kappa shape index (κ1) is 18.4. The predicted molar refractivity (Wildman–Crippen MR) is 104 cm³/mol. The Balaban J connectivity index is 1.68. The van der Waals surface area contributed by atoms with Gasteiger partial charge in [0.15, 0.2) is 5.76 Å². The van der Waals surface area contributed by atoms with Crippen molar-refractivity contribution in [3.8, 4) is 0 Å². The molecule has 1 amide bonds. The Kier molecular flexibility index (Phi) is 5.59. The van der Waals surface area contributed by atoms with Crippen molar-refractivity contribution in [2.45, 2.75) is 24.5 Å². The number of benzene rings is 2. The highest BCUT2D eigenvalue weighted by Crippen LogP contribution is 2.20. The Bertz CT molecular complexity index is 963. The maximum Gasteiger partial charge on any atom is 0.291 e. The molecule has 0 saturated carbocycles. The predicted octanol–water partition coefficient (Wildman–Crippen LogP) is 5.11. The van der Waals surface area contributed by atoms with Crippen LogP contribution in [0.1, 0.15) is 27.4 Å². The number of furan rings is 1. The summed E-state index contributed by atoms with van der Waals surface area (Å²) in [6, 6.07) is 15.9. The van der Waals surface area contributed by atoms with E-state index in [9.17, 15) is 9.00 Å². The maximum atomic E-state index is 12.4. The number of halogens is 1. The van der Waals surface area contributed by atoms with Gasteiger partial charge < -0.3 is 9.73 Å². The standard InChI is InChI=1S/C20H18ClNO3S/c1-13-3-9-18(14(2)11-13)22-20(23)19-10-6-16(25-19)12-26(24)17-7-4-15(21)5-8-17/h3-11H,12H2,1-2H3,(H,22,23). The molecule has 0 aliphatic rings. The van der Waals surface area contributed by atoms with Crippen molar-refractivity contribution in [2.75, 3.05) is 5.32 Å². The molecule has 1 atom stereocenters. The maximum absolute atomic E-state index is 12.4. The average molecular weight is 388 g/mol. The van der Waals surface area contributed by atoms with E-state index in [2.05, 4.69) is 5.32 Å². The lowest BCUT2D eigenvalue weighted by atomic mass is 10.1. The van der Waals surface area contributed by atoms with Crippen LogP contribution < -0.4 is 5.32 Å². The fourth-order valence-corrected chi connectivity index (χ4v) is 3.66. The van der Waals surface area contributed by atoms with E-state index in [0.29, 0.717) is 15.7 Å². The molecular weight excluding hydrogens is 370 g/mol. The molecule has 1 aromatic heterocycles. The molecule has 0 fully saturated rings. The summed E-state index contributed by atoms with van der Waals surface area (Å²) in [7, 11) is -1.27. The molecule has 0 aliphatic carbocycles. The zero-order chi connectivity index (χ0) is 18.7. The van der Waals surface area contributed by atoms with Gasteiger partial charge in [0.2, 0.25) is 0 Å². The number of hydrogen-bond donors (Lipinski definition) is 1. The molecule has 1 heterocycles. The van der Waals surface area contributed by atoms with Gasteiger partial charge in [0.1, 0.15) is 5.76 Å². The topological polar surface area (TPSA) is 59.3 Å². The highest BCUT2D eigenvalue weighted by Gasteiger charge is 2.14. The van der Waals surface area contributed by atoms with Gasteiger partial charge in [-0.05, 0) is 61.9 Å². The fraction of sp³-hybridized carbons (Fsp3) is 0.150. The van der Waals surface area contributed by atoms with E-state index >= 15 is 0 Å². The number of anilines is 1. The zero-order valence-corrected chi connectivity index (χ0v) is 16.0. The van der Waals surface area contributed by atoms with Crippen molar-refractivity contribution in [3.05, 3.63) is 82.3 Å². The third kappa shape index (κ3) is 4.42. The molecule has 2 aromatic carbocycles. The first-order chi connectivity index (χ1) is 12.4. The summed E-state index contributed by atoms with van der Waals surface area (Å²) in [6.07, 6.45) is 0. The first-order valence-electron chi connectivity index (χ1n) is 8.03. The van der Waals surface area contributed by atoms with Crippen LogP contribution in [-0.4, -0.2) is 10.1 Å². The summed E-state index contributed by atoms with van der Waals surface area (Å²) in [5, 5.41) is 3.43. The van der Waals surface area contributed by atoms with Crippen LogP contribution in [0, 0.1) is 13.8 Å². The van der Waals surface area contributed by atoms with Gasteiger partial charge in [0.05, 0.1) is 16.6 Å². The van der Waals surface area contributed by atoms with Crippen molar-refractivity contribution >= 4 is 34.0 Å². The molecule has 26 heavy (non-hydrogen) atoms. The molecule has 3 aromatic rings. The molecule has 0 spiro atoms. The molecule has 134 valence electrons. The Hall–Kier alpha value is -2.37. The van der Waals surface area contributed by atoms with E-state index in [0.717, 1.165) is 16.8 Å². The number of hydrogen-bond acceptors (Lipinski definition) is 3. The largest absolute Gasteiger partial charge is 0.455 e. The van der Waals surface area contributed by atoms with Crippen LogP contribution in [0.5, 0.6) is 0 Å². The number of carbonyl (C=O) groups is 1. The number of aryl methyl sites for hydroxylation is 2. The van der Waals surface area contributed by atoms with Gasteiger partial charge in [-0.1, -0.05) is 29.3 Å². The van der Waals surface area contributed by atoms with Crippen LogP contribution in [0.25, 0.3) is 0 Å². The molecule has 3 rings (SSSR count). The minimum Gasteiger partial charge on any atom is -0.455 e. The van der Waals surface area contributed by atoms with Crippen molar-refractivity contribution in [2.24, 2.45) is 0 Å². The highest BCUT2D eigenvalue weighted by atomic mass is 35.5. The molecule has 1 N–H and O–H groups in total. The zero-order valence-electron chi connectivity index (χ0n) is 14.4. The summed E-state index contributed by atoms with van der Waals surface area (Å²) >= 11 is 5.84. The minimum atomic E-state index is -1.27. The number of nitrogens with one attached hydrogen (secondary N) is 1. The Morgan fingerprint density at radius 2 is 1.81 bits per heavy atom. The molecule has 4 nitrogen and oxygen atoms in total. The van der Waals surface area contributed by atoms with Crippen LogP contribution >= 0.6 is 11.6 Å². The van der Waals surface area contributed by atoms with E-state index in [-0.39, 0.29) is 17.4 Å². The van der Waals surface area contributed by atoms with E-state index < -0.39 is 10.8 Å². The molecule has 0 saturated heterocycles. The highest BCUT2D eigenvalue weighted by molar-refractivity contribution is 7.84. The van der Waals surface area contributed by atoms with Crippen LogP contribution in [0.2, 0.25) is 5.02 Å². The van der Waals surface area contributed by atoms with Crippen molar-refractivity contribution < 1.29 is 13.4 Å². The van der Waals surface area contributed by atoms with E-state index in [1.807, 2.05) is 32.0 Å². The molecule has 1 unspecified atom stereocenters.